The predicted molar refractivity (Wildman–Crippen MR) is 106 cm³/mol. The van der Waals surface area contributed by atoms with E-state index in [1.54, 1.807) is 36.4 Å². The van der Waals surface area contributed by atoms with Gasteiger partial charge in [-0.1, -0.05) is 41.4 Å². The molecule has 142 valence electrons. The van der Waals surface area contributed by atoms with E-state index in [-0.39, 0.29) is 17.9 Å². The Morgan fingerprint density at radius 3 is 2.61 bits per heavy atom. The highest BCUT2D eigenvalue weighted by Crippen LogP contribution is 2.45. The molecule has 1 N–H and O–H groups in total. The van der Waals surface area contributed by atoms with Crippen LogP contribution < -0.4 is 4.90 Å². The Kier molecular flexibility index (Phi) is 4.75. The average Bonchev–Trinajstić information content (AvgIpc) is 3.27. The summed E-state index contributed by atoms with van der Waals surface area (Å²) in [6, 6.07) is 15.0. The number of aliphatic hydroxyl groups is 1. The van der Waals surface area contributed by atoms with E-state index in [4.69, 9.17) is 27.6 Å². The third kappa shape index (κ3) is 3.11. The molecule has 2 aromatic carbocycles. The summed E-state index contributed by atoms with van der Waals surface area (Å²) in [6.07, 6.45) is 0.911. The van der Waals surface area contributed by atoms with Crippen molar-refractivity contribution in [3.8, 4) is 0 Å². The van der Waals surface area contributed by atoms with E-state index in [0.717, 1.165) is 5.56 Å². The van der Waals surface area contributed by atoms with Gasteiger partial charge in [-0.2, -0.15) is 0 Å². The molecule has 2 heterocycles. The summed E-state index contributed by atoms with van der Waals surface area (Å²) in [6.45, 7) is 0.157. The molecule has 0 spiro atoms. The molecule has 0 saturated heterocycles. The zero-order chi connectivity index (χ0) is 19.9. The van der Waals surface area contributed by atoms with Gasteiger partial charge in [-0.15, -0.1) is 0 Å². The highest BCUT2D eigenvalue weighted by Gasteiger charge is 2.51. The molecule has 0 saturated carbocycles. The van der Waals surface area contributed by atoms with Crippen molar-refractivity contribution < 1.29 is 19.1 Å². The Morgan fingerprint density at radius 1 is 1.11 bits per heavy atom. The number of carbonyl (C=O) groups is 2. The van der Waals surface area contributed by atoms with Crippen LogP contribution in [0.15, 0.2) is 65.3 Å². The lowest BCUT2D eigenvalue weighted by molar-refractivity contribution is -0.136. The number of hydrogen-bond donors (Lipinski definition) is 1. The van der Waals surface area contributed by atoms with Crippen LogP contribution in [-0.4, -0.2) is 16.8 Å². The van der Waals surface area contributed by atoms with E-state index < -0.39 is 23.7 Å². The molecule has 0 aliphatic carbocycles. The van der Waals surface area contributed by atoms with Gasteiger partial charge in [0.05, 0.1) is 24.9 Å². The van der Waals surface area contributed by atoms with Crippen LogP contribution in [0.3, 0.4) is 0 Å². The fourth-order valence-corrected chi connectivity index (χ4v) is 3.77. The summed E-state index contributed by atoms with van der Waals surface area (Å²) in [5, 5.41) is 12.1. The SMILES string of the molecule is O=C(C[C@@]1(O)C(=O)N(Cc2ccccc2Cl)c2ccc(Cl)cc21)c1ccco1. The topological polar surface area (TPSA) is 70.8 Å². The summed E-state index contributed by atoms with van der Waals surface area (Å²) in [4.78, 5) is 27.2. The first-order valence-electron chi connectivity index (χ1n) is 8.54. The van der Waals surface area contributed by atoms with Crippen LogP contribution in [0.25, 0.3) is 0 Å². The Morgan fingerprint density at radius 2 is 1.89 bits per heavy atom. The molecular weight excluding hydrogens is 401 g/mol. The lowest BCUT2D eigenvalue weighted by atomic mass is 9.89. The molecule has 1 atom stereocenters. The molecule has 1 aliphatic heterocycles. The number of carbonyl (C=O) groups excluding carboxylic acids is 2. The highest BCUT2D eigenvalue weighted by atomic mass is 35.5. The van der Waals surface area contributed by atoms with Gasteiger partial charge in [-0.3, -0.25) is 9.59 Å². The van der Waals surface area contributed by atoms with Crippen molar-refractivity contribution in [3.05, 3.63) is 87.8 Å². The summed E-state index contributed by atoms with van der Waals surface area (Å²) in [5.74, 6) is -1.01. The molecule has 5 nitrogen and oxygen atoms in total. The van der Waals surface area contributed by atoms with Gasteiger partial charge in [0.2, 0.25) is 5.78 Å². The second-order valence-electron chi connectivity index (χ2n) is 6.58. The predicted octanol–water partition coefficient (Wildman–Crippen LogP) is 4.59. The lowest BCUT2D eigenvalue weighted by Gasteiger charge is -2.22. The number of ketones is 1. The highest BCUT2D eigenvalue weighted by molar-refractivity contribution is 6.31. The van der Waals surface area contributed by atoms with Crippen LogP contribution in [0.1, 0.15) is 28.1 Å². The van der Waals surface area contributed by atoms with Gasteiger partial charge < -0.3 is 14.4 Å². The standard InChI is InChI=1S/C21H15Cl2NO4/c22-14-7-8-17-15(10-14)21(27,11-18(25)19-6-3-9-28-19)20(26)24(17)12-13-4-1-2-5-16(13)23/h1-10,27H,11-12H2/t21-/m0/s1. The summed E-state index contributed by atoms with van der Waals surface area (Å²) >= 11 is 12.3. The third-order valence-corrected chi connectivity index (χ3v) is 5.40. The van der Waals surface area contributed by atoms with E-state index in [1.807, 2.05) is 6.07 Å². The van der Waals surface area contributed by atoms with Crippen LogP contribution in [0.2, 0.25) is 10.0 Å². The first-order chi connectivity index (χ1) is 13.4. The minimum atomic E-state index is -2.04. The van der Waals surface area contributed by atoms with Crippen LogP contribution >= 0.6 is 23.2 Å². The van der Waals surface area contributed by atoms with E-state index in [0.29, 0.717) is 15.7 Å². The van der Waals surface area contributed by atoms with E-state index >= 15 is 0 Å². The van der Waals surface area contributed by atoms with Crippen molar-refractivity contribution >= 4 is 40.6 Å². The second-order valence-corrected chi connectivity index (χ2v) is 7.43. The van der Waals surface area contributed by atoms with Gasteiger partial charge in [0.25, 0.3) is 5.91 Å². The third-order valence-electron chi connectivity index (χ3n) is 4.79. The van der Waals surface area contributed by atoms with Crippen LogP contribution in [0.4, 0.5) is 5.69 Å². The van der Waals surface area contributed by atoms with Gasteiger partial charge >= 0.3 is 0 Å². The number of rotatable bonds is 5. The van der Waals surface area contributed by atoms with E-state index in [1.165, 1.54) is 23.3 Å². The molecule has 0 unspecified atom stereocenters. The van der Waals surface area contributed by atoms with Crippen LogP contribution in [-0.2, 0) is 16.9 Å². The molecule has 28 heavy (non-hydrogen) atoms. The van der Waals surface area contributed by atoms with Crippen molar-refractivity contribution in [2.24, 2.45) is 0 Å². The largest absolute Gasteiger partial charge is 0.461 e. The Hall–Kier alpha value is -2.60. The van der Waals surface area contributed by atoms with Crippen molar-refractivity contribution in [1.82, 2.24) is 0 Å². The van der Waals surface area contributed by atoms with Crippen LogP contribution in [0, 0.1) is 0 Å². The van der Waals surface area contributed by atoms with Gasteiger partial charge in [-0.25, -0.2) is 0 Å². The summed E-state index contributed by atoms with van der Waals surface area (Å²) < 4.78 is 5.11. The molecule has 7 heteroatoms. The number of amides is 1. The van der Waals surface area contributed by atoms with Crippen molar-refractivity contribution in [2.75, 3.05) is 4.90 Å². The zero-order valence-corrected chi connectivity index (χ0v) is 16.1. The maximum absolute atomic E-state index is 13.2. The zero-order valence-electron chi connectivity index (χ0n) is 14.6. The van der Waals surface area contributed by atoms with Gasteiger partial charge in [0.15, 0.2) is 11.4 Å². The number of hydrogen-bond acceptors (Lipinski definition) is 4. The molecule has 0 radical (unpaired) electrons. The lowest BCUT2D eigenvalue weighted by Crippen LogP contribution is -2.41. The monoisotopic (exact) mass is 415 g/mol. The molecule has 4 rings (SSSR count). The van der Waals surface area contributed by atoms with Gasteiger partial charge in [0, 0.05) is 15.6 Å². The number of Topliss-reactive ketones (excluding diaryl/α,β-unsaturated/α-hetero) is 1. The van der Waals surface area contributed by atoms with Gasteiger partial charge in [-0.05, 0) is 42.0 Å². The number of benzene rings is 2. The number of halogens is 2. The molecule has 1 aliphatic rings. The molecule has 3 aromatic rings. The number of fused-ring (bicyclic) bond motifs is 1. The van der Waals surface area contributed by atoms with E-state index in [9.17, 15) is 14.7 Å². The maximum Gasteiger partial charge on any atom is 0.264 e. The second kappa shape index (κ2) is 7.09. The first kappa shape index (κ1) is 18.7. The van der Waals surface area contributed by atoms with Crippen molar-refractivity contribution in [2.45, 2.75) is 18.6 Å². The number of anilines is 1. The van der Waals surface area contributed by atoms with Crippen LogP contribution in [0.5, 0.6) is 0 Å². The number of furan rings is 1. The maximum atomic E-state index is 13.2. The molecule has 1 aromatic heterocycles. The fourth-order valence-electron chi connectivity index (χ4n) is 3.40. The normalized spacial score (nSPS) is 18.4. The molecule has 0 fully saturated rings. The first-order valence-corrected chi connectivity index (χ1v) is 9.30. The fraction of sp³-hybridized carbons (Fsp3) is 0.143. The minimum absolute atomic E-state index is 0.0781. The minimum Gasteiger partial charge on any atom is -0.461 e. The quantitative estimate of drug-likeness (QED) is 0.618. The molecule has 0 bridgehead atoms. The summed E-state index contributed by atoms with van der Waals surface area (Å²) in [5.41, 5.74) is -0.535. The summed E-state index contributed by atoms with van der Waals surface area (Å²) in [7, 11) is 0. The Labute approximate surface area is 171 Å². The molecule has 1 amide bonds. The Balaban J connectivity index is 1.74. The number of nitrogens with zero attached hydrogens (tertiary/aromatic N) is 1. The molecular formula is C21H15Cl2NO4. The van der Waals surface area contributed by atoms with Crippen molar-refractivity contribution in [1.29, 1.82) is 0 Å². The Bertz CT molecular complexity index is 1060. The smallest absolute Gasteiger partial charge is 0.264 e. The average molecular weight is 416 g/mol. The van der Waals surface area contributed by atoms with E-state index in [2.05, 4.69) is 0 Å². The van der Waals surface area contributed by atoms with Gasteiger partial charge in [0.1, 0.15) is 0 Å². The van der Waals surface area contributed by atoms with Crippen molar-refractivity contribution in [3.63, 3.8) is 0 Å².